The van der Waals surface area contributed by atoms with Gasteiger partial charge in [0, 0.05) is 38.6 Å². The number of ether oxygens (including phenoxy) is 3. The SMILES string of the molecule is CCNC(=NCc1ccc(Oc2ccccc2OCC)nc1)NCCCOCC1CC1. The van der Waals surface area contributed by atoms with E-state index in [1.54, 1.807) is 6.20 Å². The molecule has 7 nitrogen and oxygen atoms in total. The van der Waals surface area contributed by atoms with E-state index in [1.807, 2.05) is 43.3 Å². The molecule has 1 aliphatic carbocycles. The highest BCUT2D eigenvalue weighted by atomic mass is 16.5. The third-order valence-electron chi connectivity index (χ3n) is 4.73. The van der Waals surface area contributed by atoms with Crippen LogP contribution in [-0.4, -0.2) is 43.9 Å². The topological polar surface area (TPSA) is 77.0 Å². The first-order valence-electron chi connectivity index (χ1n) is 11.2. The summed E-state index contributed by atoms with van der Waals surface area (Å²) in [5.41, 5.74) is 1.01. The molecule has 1 aromatic heterocycles. The van der Waals surface area contributed by atoms with Crippen LogP contribution in [0.25, 0.3) is 0 Å². The van der Waals surface area contributed by atoms with Gasteiger partial charge >= 0.3 is 0 Å². The van der Waals surface area contributed by atoms with Gasteiger partial charge in [-0.1, -0.05) is 18.2 Å². The number of aliphatic imine (C=N–C) groups is 1. The zero-order valence-electron chi connectivity index (χ0n) is 18.6. The van der Waals surface area contributed by atoms with Crippen molar-refractivity contribution in [2.24, 2.45) is 10.9 Å². The molecule has 0 amide bonds. The molecule has 168 valence electrons. The quantitative estimate of drug-likeness (QED) is 0.285. The van der Waals surface area contributed by atoms with Gasteiger partial charge in [-0.2, -0.15) is 0 Å². The first-order chi connectivity index (χ1) is 15.3. The van der Waals surface area contributed by atoms with Crippen molar-refractivity contribution in [2.45, 2.75) is 39.7 Å². The number of nitrogens with one attached hydrogen (secondary N) is 2. The Balaban J connectivity index is 1.45. The molecule has 1 fully saturated rings. The van der Waals surface area contributed by atoms with E-state index in [1.165, 1.54) is 12.8 Å². The van der Waals surface area contributed by atoms with Gasteiger partial charge in [-0.05, 0) is 56.7 Å². The molecule has 1 aliphatic rings. The van der Waals surface area contributed by atoms with Gasteiger partial charge in [0.15, 0.2) is 17.5 Å². The van der Waals surface area contributed by atoms with Crippen molar-refractivity contribution < 1.29 is 14.2 Å². The lowest BCUT2D eigenvalue weighted by Gasteiger charge is -2.12. The van der Waals surface area contributed by atoms with E-state index in [2.05, 4.69) is 27.5 Å². The Morgan fingerprint density at radius 2 is 1.94 bits per heavy atom. The van der Waals surface area contributed by atoms with Crippen LogP contribution in [0.1, 0.15) is 38.7 Å². The molecule has 2 N–H and O–H groups in total. The summed E-state index contributed by atoms with van der Waals surface area (Å²) in [7, 11) is 0. The summed E-state index contributed by atoms with van der Waals surface area (Å²) >= 11 is 0. The molecule has 0 spiro atoms. The lowest BCUT2D eigenvalue weighted by Crippen LogP contribution is -2.38. The lowest BCUT2D eigenvalue weighted by atomic mass is 10.3. The van der Waals surface area contributed by atoms with E-state index in [0.717, 1.165) is 50.2 Å². The number of hydrogen-bond donors (Lipinski definition) is 2. The summed E-state index contributed by atoms with van der Waals surface area (Å²) in [5, 5.41) is 6.63. The molecule has 0 unspecified atom stereocenters. The van der Waals surface area contributed by atoms with Gasteiger partial charge in [-0.15, -0.1) is 0 Å². The second-order valence-electron chi connectivity index (χ2n) is 7.48. The minimum Gasteiger partial charge on any atom is -0.490 e. The number of benzene rings is 1. The van der Waals surface area contributed by atoms with E-state index in [9.17, 15) is 0 Å². The van der Waals surface area contributed by atoms with Crippen molar-refractivity contribution in [2.75, 3.05) is 32.9 Å². The van der Waals surface area contributed by atoms with Gasteiger partial charge in [-0.3, -0.25) is 0 Å². The summed E-state index contributed by atoms with van der Waals surface area (Å²) in [6, 6.07) is 11.4. The zero-order valence-corrected chi connectivity index (χ0v) is 18.6. The van der Waals surface area contributed by atoms with E-state index < -0.39 is 0 Å². The third-order valence-corrected chi connectivity index (χ3v) is 4.73. The van der Waals surface area contributed by atoms with Crippen LogP contribution >= 0.6 is 0 Å². The van der Waals surface area contributed by atoms with Gasteiger partial charge in [0.1, 0.15) is 0 Å². The highest BCUT2D eigenvalue weighted by Crippen LogP contribution is 2.30. The smallest absolute Gasteiger partial charge is 0.219 e. The number of rotatable bonds is 13. The van der Waals surface area contributed by atoms with E-state index in [0.29, 0.717) is 30.5 Å². The van der Waals surface area contributed by atoms with Crippen LogP contribution in [0.2, 0.25) is 0 Å². The Morgan fingerprint density at radius 1 is 1.10 bits per heavy atom. The summed E-state index contributed by atoms with van der Waals surface area (Å²) in [4.78, 5) is 9.05. The van der Waals surface area contributed by atoms with E-state index >= 15 is 0 Å². The van der Waals surface area contributed by atoms with Crippen molar-refractivity contribution in [1.82, 2.24) is 15.6 Å². The zero-order chi connectivity index (χ0) is 21.7. The van der Waals surface area contributed by atoms with Crippen molar-refractivity contribution in [3.05, 3.63) is 48.2 Å². The van der Waals surface area contributed by atoms with Crippen LogP contribution < -0.4 is 20.1 Å². The molecule has 1 heterocycles. The van der Waals surface area contributed by atoms with Crippen LogP contribution in [0.15, 0.2) is 47.6 Å². The van der Waals surface area contributed by atoms with Crippen molar-refractivity contribution in [1.29, 1.82) is 0 Å². The average molecular weight is 427 g/mol. The van der Waals surface area contributed by atoms with Gasteiger partial charge in [0.2, 0.25) is 5.88 Å². The van der Waals surface area contributed by atoms with Crippen LogP contribution in [0.5, 0.6) is 17.4 Å². The second-order valence-corrected chi connectivity index (χ2v) is 7.48. The fourth-order valence-corrected chi connectivity index (χ4v) is 2.91. The highest BCUT2D eigenvalue weighted by Gasteiger charge is 2.20. The molecule has 0 bridgehead atoms. The molecule has 0 saturated heterocycles. The van der Waals surface area contributed by atoms with E-state index in [4.69, 9.17) is 14.2 Å². The van der Waals surface area contributed by atoms with Crippen molar-refractivity contribution >= 4 is 5.96 Å². The number of para-hydroxylation sites is 2. The lowest BCUT2D eigenvalue weighted by molar-refractivity contribution is 0.123. The van der Waals surface area contributed by atoms with Crippen molar-refractivity contribution in [3.8, 4) is 17.4 Å². The molecule has 1 aromatic carbocycles. The van der Waals surface area contributed by atoms with Gasteiger partial charge in [0.05, 0.1) is 13.2 Å². The Labute approximate surface area is 185 Å². The maximum absolute atomic E-state index is 5.88. The largest absolute Gasteiger partial charge is 0.490 e. The number of hydrogen-bond acceptors (Lipinski definition) is 5. The maximum Gasteiger partial charge on any atom is 0.219 e. The summed E-state index contributed by atoms with van der Waals surface area (Å²) in [6.45, 7) is 8.48. The molecular formula is C24H34N4O3. The fraction of sp³-hybridized carbons (Fsp3) is 0.500. The monoisotopic (exact) mass is 426 g/mol. The molecule has 0 atom stereocenters. The number of nitrogens with zero attached hydrogens (tertiary/aromatic N) is 2. The number of aromatic nitrogens is 1. The number of guanidine groups is 1. The average Bonchev–Trinajstić information content (AvgIpc) is 3.61. The summed E-state index contributed by atoms with van der Waals surface area (Å²) < 4.78 is 17.1. The standard InChI is InChI=1S/C24H34N4O3/c1-3-25-24(26-14-7-15-29-18-19-10-11-19)28-17-20-12-13-23(27-16-20)31-22-9-6-5-8-21(22)30-4-2/h5-6,8-9,12-13,16,19H,3-4,7,10-11,14-15,17-18H2,1-2H3,(H2,25,26,28). The van der Waals surface area contributed by atoms with Gasteiger partial charge < -0.3 is 24.8 Å². The maximum atomic E-state index is 5.88. The Bertz CT molecular complexity index is 807. The third kappa shape index (κ3) is 8.45. The molecule has 7 heteroatoms. The first-order valence-corrected chi connectivity index (χ1v) is 11.2. The molecular weight excluding hydrogens is 392 g/mol. The Morgan fingerprint density at radius 3 is 2.65 bits per heavy atom. The van der Waals surface area contributed by atoms with Crippen LogP contribution in [0, 0.1) is 5.92 Å². The second kappa shape index (κ2) is 12.8. The van der Waals surface area contributed by atoms with E-state index in [-0.39, 0.29) is 0 Å². The molecule has 0 radical (unpaired) electrons. The molecule has 3 rings (SSSR count). The van der Waals surface area contributed by atoms with Crippen LogP contribution in [0.4, 0.5) is 0 Å². The molecule has 2 aromatic rings. The summed E-state index contributed by atoms with van der Waals surface area (Å²) in [5.74, 6) is 3.51. The Hall–Kier alpha value is -2.80. The predicted octanol–water partition coefficient (Wildman–Crippen LogP) is 4.14. The minimum absolute atomic E-state index is 0.524. The van der Waals surface area contributed by atoms with Crippen LogP contribution in [-0.2, 0) is 11.3 Å². The molecule has 0 aliphatic heterocycles. The molecule has 1 saturated carbocycles. The summed E-state index contributed by atoms with van der Waals surface area (Å²) in [6.07, 6.45) is 5.42. The molecule has 31 heavy (non-hydrogen) atoms. The predicted molar refractivity (Wildman–Crippen MR) is 123 cm³/mol. The normalized spacial score (nSPS) is 13.7. The van der Waals surface area contributed by atoms with Crippen LogP contribution in [0.3, 0.4) is 0 Å². The number of pyridine rings is 1. The fourth-order valence-electron chi connectivity index (χ4n) is 2.91. The Kier molecular flexibility index (Phi) is 9.44. The minimum atomic E-state index is 0.524. The van der Waals surface area contributed by atoms with Gasteiger partial charge in [-0.25, -0.2) is 9.98 Å². The van der Waals surface area contributed by atoms with Gasteiger partial charge in [0.25, 0.3) is 0 Å². The highest BCUT2D eigenvalue weighted by molar-refractivity contribution is 5.79. The first kappa shape index (κ1) is 22.9. The van der Waals surface area contributed by atoms with Crippen molar-refractivity contribution in [3.63, 3.8) is 0 Å².